The number of carbonyl (C=O) groups is 1. The van der Waals surface area contributed by atoms with E-state index in [4.69, 9.17) is 4.74 Å². The third kappa shape index (κ3) is 3.39. The Labute approximate surface area is 166 Å². The van der Waals surface area contributed by atoms with E-state index in [1.807, 2.05) is 0 Å². The zero-order chi connectivity index (χ0) is 20.5. The van der Waals surface area contributed by atoms with Crippen LogP contribution >= 0.6 is 0 Å². The number of hydrogen-bond acceptors (Lipinski definition) is 6. The summed E-state index contributed by atoms with van der Waals surface area (Å²) in [5, 5.41) is 5.06. The molecule has 0 unspecified atom stereocenters. The van der Waals surface area contributed by atoms with E-state index in [1.54, 1.807) is 23.2 Å². The molecule has 1 aromatic carbocycles. The first-order valence-electron chi connectivity index (χ1n) is 9.18. The minimum absolute atomic E-state index is 0.234. The fourth-order valence-corrected chi connectivity index (χ4v) is 3.57. The number of aromatic nitrogens is 3. The molecule has 1 amide bonds. The van der Waals surface area contributed by atoms with E-state index in [9.17, 15) is 14.0 Å². The Morgan fingerprint density at radius 3 is 2.62 bits per heavy atom. The Hall–Kier alpha value is -3.49. The number of benzene rings is 1. The highest BCUT2D eigenvalue weighted by Crippen LogP contribution is 2.30. The lowest BCUT2D eigenvalue weighted by Crippen LogP contribution is -2.49. The molecular formula is C20H20FN5O3. The average molecular weight is 397 g/mol. The fourth-order valence-electron chi connectivity index (χ4n) is 3.57. The second kappa shape index (κ2) is 7.50. The molecule has 0 saturated carbocycles. The van der Waals surface area contributed by atoms with Gasteiger partial charge in [0.1, 0.15) is 11.6 Å². The zero-order valence-corrected chi connectivity index (χ0v) is 16.1. The van der Waals surface area contributed by atoms with Crippen LogP contribution in [-0.2, 0) is 7.05 Å². The van der Waals surface area contributed by atoms with Crippen LogP contribution in [0.3, 0.4) is 0 Å². The molecule has 0 aliphatic carbocycles. The number of piperazine rings is 1. The van der Waals surface area contributed by atoms with Gasteiger partial charge in [0.2, 0.25) is 0 Å². The van der Waals surface area contributed by atoms with E-state index in [-0.39, 0.29) is 23.0 Å². The van der Waals surface area contributed by atoms with Crippen molar-refractivity contribution in [2.24, 2.45) is 7.05 Å². The summed E-state index contributed by atoms with van der Waals surface area (Å²) in [7, 11) is 3.02. The van der Waals surface area contributed by atoms with Crippen molar-refractivity contribution >= 4 is 22.4 Å². The van der Waals surface area contributed by atoms with E-state index in [0.717, 1.165) is 10.4 Å². The van der Waals surface area contributed by atoms with Gasteiger partial charge in [-0.1, -0.05) is 0 Å². The van der Waals surface area contributed by atoms with Gasteiger partial charge in [-0.05, 0) is 18.2 Å². The number of carbonyl (C=O) groups excluding carboxylic acids is 1. The number of aryl methyl sites for hydroxylation is 1. The lowest BCUT2D eigenvalue weighted by atomic mass is 10.1. The van der Waals surface area contributed by atoms with Crippen LogP contribution in [0.15, 0.2) is 41.5 Å². The standard InChI is InChI=1S/C20H20FN5O3/c1-24-19(27)15-12-22-6-5-14(15)18(23-24)20(28)26-9-7-25(8-10-26)16-4-3-13(21)11-17(16)29-2/h3-6,11-12H,7-10H2,1-2H3. The molecule has 150 valence electrons. The molecule has 9 heteroatoms. The molecule has 1 fully saturated rings. The van der Waals surface area contributed by atoms with Crippen molar-refractivity contribution < 1.29 is 13.9 Å². The summed E-state index contributed by atoms with van der Waals surface area (Å²) in [5.74, 6) is -0.132. The van der Waals surface area contributed by atoms with E-state index in [0.29, 0.717) is 42.7 Å². The number of nitrogens with zero attached hydrogens (tertiary/aromatic N) is 5. The highest BCUT2D eigenvalue weighted by atomic mass is 19.1. The predicted molar refractivity (Wildman–Crippen MR) is 106 cm³/mol. The number of anilines is 1. The second-order valence-corrected chi connectivity index (χ2v) is 6.79. The topological polar surface area (TPSA) is 80.6 Å². The molecule has 1 aliphatic rings. The normalized spacial score (nSPS) is 14.3. The third-order valence-electron chi connectivity index (χ3n) is 5.10. The van der Waals surface area contributed by atoms with E-state index in [1.165, 1.54) is 32.5 Å². The SMILES string of the molecule is COc1cc(F)ccc1N1CCN(C(=O)c2nn(C)c(=O)c3cnccc23)CC1. The Morgan fingerprint density at radius 2 is 1.90 bits per heavy atom. The van der Waals surface area contributed by atoms with Crippen LogP contribution in [0.4, 0.5) is 10.1 Å². The van der Waals surface area contributed by atoms with Crippen molar-refractivity contribution in [3.63, 3.8) is 0 Å². The monoisotopic (exact) mass is 397 g/mol. The number of fused-ring (bicyclic) bond motifs is 1. The predicted octanol–water partition coefficient (Wildman–Crippen LogP) is 1.44. The second-order valence-electron chi connectivity index (χ2n) is 6.79. The Bertz CT molecular complexity index is 1140. The molecule has 29 heavy (non-hydrogen) atoms. The third-order valence-corrected chi connectivity index (χ3v) is 5.10. The van der Waals surface area contributed by atoms with Crippen LogP contribution in [0.2, 0.25) is 0 Å². The van der Waals surface area contributed by atoms with Crippen molar-refractivity contribution in [1.29, 1.82) is 0 Å². The molecule has 1 aliphatic heterocycles. The summed E-state index contributed by atoms with van der Waals surface area (Å²) in [6, 6.07) is 6.06. The van der Waals surface area contributed by atoms with Gasteiger partial charge in [-0.25, -0.2) is 9.07 Å². The van der Waals surface area contributed by atoms with Crippen LogP contribution in [-0.4, -0.2) is 58.9 Å². The van der Waals surface area contributed by atoms with Gasteiger partial charge in [-0.2, -0.15) is 5.10 Å². The number of rotatable bonds is 3. The first-order chi connectivity index (χ1) is 14.0. The molecule has 4 rings (SSSR count). The number of halogens is 1. The maximum absolute atomic E-state index is 13.5. The average Bonchev–Trinajstić information content (AvgIpc) is 2.76. The van der Waals surface area contributed by atoms with Gasteiger partial charge in [-0.3, -0.25) is 14.6 Å². The summed E-state index contributed by atoms with van der Waals surface area (Å²) < 4.78 is 19.9. The Balaban J connectivity index is 1.57. The minimum Gasteiger partial charge on any atom is -0.494 e. The van der Waals surface area contributed by atoms with Crippen LogP contribution in [0.1, 0.15) is 10.5 Å². The summed E-state index contributed by atoms with van der Waals surface area (Å²) in [6.45, 7) is 2.07. The number of hydrogen-bond donors (Lipinski definition) is 0. The molecular weight excluding hydrogens is 377 g/mol. The molecule has 0 bridgehead atoms. The van der Waals surface area contributed by atoms with Crippen molar-refractivity contribution in [3.8, 4) is 5.75 Å². The van der Waals surface area contributed by atoms with Gasteiger partial charge in [0.25, 0.3) is 11.5 Å². The number of pyridine rings is 1. The first kappa shape index (κ1) is 18.9. The highest BCUT2D eigenvalue weighted by Gasteiger charge is 2.26. The molecule has 3 aromatic rings. The van der Waals surface area contributed by atoms with Crippen molar-refractivity contribution in [2.45, 2.75) is 0 Å². The lowest BCUT2D eigenvalue weighted by molar-refractivity contribution is 0.0740. The van der Waals surface area contributed by atoms with Gasteiger partial charge in [-0.15, -0.1) is 0 Å². The number of amides is 1. The van der Waals surface area contributed by atoms with Gasteiger partial charge < -0.3 is 14.5 Å². The van der Waals surface area contributed by atoms with Gasteiger partial charge in [0.05, 0.1) is 18.2 Å². The maximum atomic E-state index is 13.5. The fraction of sp³-hybridized carbons (Fsp3) is 0.300. The smallest absolute Gasteiger partial charge is 0.275 e. The largest absolute Gasteiger partial charge is 0.494 e. The molecule has 3 heterocycles. The van der Waals surface area contributed by atoms with Gasteiger partial charge >= 0.3 is 0 Å². The Kier molecular flexibility index (Phi) is 4.87. The molecule has 0 radical (unpaired) electrons. The summed E-state index contributed by atoms with van der Waals surface area (Å²) >= 11 is 0. The first-order valence-corrected chi connectivity index (χ1v) is 9.18. The van der Waals surface area contributed by atoms with Gasteiger partial charge in [0.15, 0.2) is 5.69 Å². The van der Waals surface area contributed by atoms with E-state index >= 15 is 0 Å². The number of methoxy groups -OCH3 is 1. The summed E-state index contributed by atoms with van der Waals surface area (Å²) in [4.78, 5) is 33.1. The van der Waals surface area contributed by atoms with Crippen LogP contribution in [0.5, 0.6) is 5.75 Å². The Morgan fingerprint density at radius 1 is 1.14 bits per heavy atom. The maximum Gasteiger partial charge on any atom is 0.275 e. The minimum atomic E-state index is -0.360. The quantitative estimate of drug-likeness (QED) is 0.665. The van der Waals surface area contributed by atoms with Crippen LogP contribution < -0.4 is 15.2 Å². The van der Waals surface area contributed by atoms with Crippen molar-refractivity contribution in [2.75, 3.05) is 38.2 Å². The van der Waals surface area contributed by atoms with Crippen LogP contribution in [0.25, 0.3) is 10.8 Å². The number of ether oxygens (including phenoxy) is 1. The zero-order valence-electron chi connectivity index (χ0n) is 16.1. The molecule has 0 atom stereocenters. The van der Waals surface area contributed by atoms with Crippen molar-refractivity contribution in [3.05, 3.63) is 58.5 Å². The highest BCUT2D eigenvalue weighted by molar-refractivity contribution is 6.04. The summed E-state index contributed by atoms with van der Waals surface area (Å²) in [5.41, 5.74) is 0.730. The van der Waals surface area contributed by atoms with E-state index in [2.05, 4.69) is 15.0 Å². The molecule has 1 saturated heterocycles. The molecule has 0 N–H and O–H groups in total. The molecule has 0 spiro atoms. The summed E-state index contributed by atoms with van der Waals surface area (Å²) in [6.07, 6.45) is 2.99. The molecule has 8 nitrogen and oxygen atoms in total. The van der Waals surface area contributed by atoms with Crippen molar-refractivity contribution in [1.82, 2.24) is 19.7 Å². The molecule has 2 aromatic heterocycles. The van der Waals surface area contributed by atoms with Crippen LogP contribution in [0, 0.1) is 5.82 Å². The lowest BCUT2D eigenvalue weighted by Gasteiger charge is -2.36. The van der Waals surface area contributed by atoms with E-state index < -0.39 is 0 Å². The van der Waals surface area contributed by atoms with Gasteiger partial charge in [0, 0.05) is 57.1 Å².